The first-order chi connectivity index (χ1) is 9.66. The van der Waals surface area contributed by atoms with Gasteiger partial charge in [0.2, 0.25) is 0 Å². The van der Waals surface area contributed by atoms with E-state index < -0.39 is 0 Å². The van der Waals surface area contributed by atoms with Crippen molar-refractivity contribution in [1.29, 1.82) is 0 Å². The fraction of sp³-hybridized carbons (Fsp3) is 0.125. The van der Waals surface area contributed by atoms with E-state index in [1.165, 1.54) is 4.68 Å². The maximum Gasteiger partial charge on any atom is 0.275 e. The minimum Gasteiger partial charge on any atom is -0.267 e. The first-order valence-corrected chi connectivity index (χ1v) is 7.18. The molecule has 4 heteroatoms. The molecule has 3 aromatic rings. The predicted molar refractivity (Wildman–Crippen MR) is 84.0 cm³/mol. The Hall–Kier alpha value is -1.94. The van der Waals surface area contributed by atoms with E-state index in [4.69, 9.17) is 0 Å². The molecule has 0 fully saturated rings. The Morgan fingerprint density at radius 3 is 2.65 bits per heavy atom. The van der Waals surface area contributed by atoms with E-state index in [9.17, 15) is 4.79 Å². The van der Waals surface area contributed by atoms with Crippen molar-refractivity contribution < 1.29 is 0 Å². The Morgan fingerprint density at radius 1 is 1.15 bits per heavy atom. The Kier molecular flexibility index (Phi) is 3.40. The minimum atomic E-state index is -0.0863. The third kappa shape index (κ3) is 2.27. The Balaban J connectivity index is 2.16. The number of rotatable bonds is 2. The molecule has 1 heterocycles. The van der Waals surface area contributed by atoms with Gasteiger partial charge in [-0.1, -0.05) is 46.3 Å². The predicted octanol–water partition coefficient (Wildman–Crippen LogP) is 3.77. The molecule has 1 atom stereocenters. The van der Waals surface area contributed by atoms with Crippen molar-refractivity contribution in [3.8, 4) is 0 Å². The highest BCUT2D eigenvalue weighted by molar-refractivity contribution is 9.10. The van der Waals surface area contributed by atoms with Crippen LogP contribution in [0.5, 0.6) is 0 Å². The maximum absolute atomic E-state index is 12.5. The molecule has 3 nitrogen and oxygen atoms in total. The number of fused-ring (bicyclic) bond motifs is 1. The fourth-order valence-corrected chi connectivity index (χ4v) is 2.66. The number of nitrogens with zero attached hydrogens (tertiary/aromatic N) is 2. The normalized spacial score (nSPS) is 12.5. The van der Waals surface area contributed by atoms with Crippen molar-refractivity contribution in [2.75, 3.05) is 0 Å². The molecular weight excluding hydrogens is 316 g/mol. The monoisotopic (exact) mass is 328 g/mol. The SMILES string of the molecule is CC(c1ccccc1)n1ncc2cc(Br)ccc2c1=O. The summed E-state index contributed by atoms with van der Waals surface area (Å²) in [5.41, 5.74) is 1.00. The van der Waals surface area contributed by atoms with Gasteiger partial charge < -0.3 is 0 Å². The molecule has 0 saturated heterocycles. The molecular formula is C16H13BrN2O. The highest BCUT2D eigenvalue weighted by Crippen LogP contribution is 2.19. The molecule has 0 bridgehead atoms. The lowest BCUT2D eigenvalue weighted by Gasteiger charge is -2.14. The summed E-state index contributed by atoms with van der Waals surface area (Å²) < 4.78 is 2.48. The van der Waals surface area contributed by atoms with Crippen LogP contribution in [0, 0.1) is 0 Å². The summed E-state index contributed by atoms with van der Waals surface area (Å²) in [6, 6.07) is 15.4. The van der Waals surface area contributed by atoms with Crippen molar-refractivity contribution in [2.45, 2.75) is 13.0 Å². The highest BCUT2D eigenvalue weighted by Gasteiger charge is 2.12. The van der Waals surface area contributed by atoms with Crippen LogP contribution in [0.1, 0.15) is 18.5 Å². The van der Waals surface area contributed by atoms with Gasteiger partial charge in [-0.2, -0.15) is 5.10 Å². The van der Waals surface area contributed by atoms with Gasteiger partial charge in [0, 0.05) is 9.86 Å². The van der Waals surface area contributed by atoms with Crippen molar-refractivity contribution in [3.63, 3.8) is 0 Å². The van der Waals surface area contributed by atoms with Crippen LogP contribution in [0.2, 0.25) is 0 Å². The van der Waals surface area contributed by atoms with Gasteiger partial charge in [-0.15, -0.1) is 0 Å². The van der Waals surface area contributed by atoms with Crippen LogP contribution in [0.3, 0.4) is 0 Å². The van der Waals surface area contributed by atoms with E-state index in [1.807, 2.05) is 55.5 Å². The van der Waals surface area contributed by atoms with Gasteiger partial charge in [0.05, 0.1) is 17.6 Å². The van der Waals surface area contributed by atoms with Crippen LogP contribution in [0.15, 0.2) is 64.0 Å². The van der Waals surface area contributed by atoms with Crippen LogP contribution in [-0.4, -0.2) is 9.78 Å². The molecule has 0 spiro atoms. The number of aromatic nitrogens is 2. The lowest BCUT2D eigenvalue weighted by molar-refractivity contribution is 0.537. The van der Waals surface area contributed by atoms with Gasteiger partial charge in [0.1, 0.15) is 0 Å². The van der Waals surface area contributed by atoms with Gasteiger partial charge in [-0.3, -0.25) is 4.79 Å². The smallest absolute Gasteiger partial charge is 0.267 e. The fourth-order valence-electron chi connectivity index (χ4n) is 2.28. The first-order valence-electron chi connectivity index (χ1n) is 6.39. The lowest BCUT2D eigenvalue weighted by atomic mass is 10.1. The summed E-state index contributed by atoms with van der Waals surface area (Å²) in [6.45, 7) is 1.98. The van der Waals surface area contributed by atoms with Gasteiger partial charge in [-0.25, -0.2) is 4.68 Å². The lowest BCUT2D eigenvalue weighted by Crippen LogP contribution is -2.26. The van der Waals surface area contributed by atoms with Gasteiger partial charge in [0.25, 0.3) is 5.56 Å². The van der Waals surface area contributed by atoms with Crippen LogP contribution >= 0.6 is 15.9 Å². The van der Waals surface area contributed by atoms with Crippen molar-refractivity contribution >= 4 is 26.7 Å². The summed E-state index contributed by atoms with van der Waals surface area (Å²) in [5.74, 6) is 0. The van der Waals surface area contributed by atoms with Crippen molar-refractivity contribution in [1.82, 2.24) is 9.78 Å². The van der Waals surface area contributed by atoms with E-state index >= 15 is 0 Å². The van der Waals surface area contributed by atoms with Crippen LogP contribution in [-0.2, 0) is 0 Å². The average molecular weight is 329 g/mol. The van der Waals surface area contributed by atoms with Crippen LogP contribution in [0.25, 0.3) is 10.8 Å². The molecule has 0 radical (unpaired) electrons. The molecule has 100 valence electrons. The number of benzene rings is 2. The number of hydrogen-bond donors (Lipinski definition) is 0. The molecule has 2 aromatic carbocycles. The molecule has 3 rings (SSSR count). The molecule has 1 unspecified atom stereocenters. The topological polar surface area (TPSA) is 34.9 Å². The van der Waals surface area contributed by atoms with Crippen LogP contribution in [0.4, 0.5) is 0 Å². The summed E-state index contributed by atoms with van der Waals surface area (Å²) >= 11 is 3.40. The van der Waals surface area contributed by atoms with E-state index in [2.05, 4.69) is 21.0 Å². The molecule has 1 aromatic heterocycles. The average Bonchev–Trinajstić information content (AvgIpc) is 2.48. The van der Waals surface area contributed by atoms with Gasteiger partial charge in [-0.05, 0) is 30.7 Å². The molecule has 0 aliphatic rings. The highest BCUT2D eigenvalue weighted by atomic mass is 79.9. The number of hydrogen-bond acceptors (Lipinski definition) is 2. The molecule has 0 aliphatic carbocycles. The second-order valence-corrected chi connectivity index (χ2v) is 5.63. The second kappa shape index (κ2) is 5.21. The molecule has 0 aliphatic heterocycles. The first kappa shape index (κ1) is 13.1. The standard InChI is InChI=1S/C16H13BrN2O/c1-11(12-5-3-2-4-6-12)19-16(20)15-8-7-14(17)9-13(15)10-18-19/h2-11H,1H3. The third-order valence-electron chi connectivity index (χ3n) is 3.42. The zero-order chi connectivity index (χ0) is 14.1. The molecule has 0 saturated carbocycles. The Labute approximate surface area is 125 Å². The van der Waals surface area contributed by atoms with E-state index in [-0.39, 0.29) is 11.6 Å². The van der Waals surface area contributed by atoms with Gasteiger partial charge in [0.15, 0.2) is 0 Å². The zero-order valence-corrected chi connectivity index (χ0v) is 12.5. The Bertz CT molecular complexity index is 812. The quantitative estimate of drug-likeness (QED) is 0.717. The summed E-state index contributed by atoms with van der Waals surface area (Å²) in [6.07, 6.45) is 1.74. The number of halogens is 1. The minimum absolute atomic E-state index is 0.0636. The third-order valence-corrected chi connectivity index (χ3v) is 3.92. The van der Waals surface area contributed by atoms with Gasteiger partial charge >= 0.3 is 0 Å². The van der Waals surface area contributed by atoms with E-state index in [1.54, 1.807) is 6.20 Å². The maximum atomic E-state index is 12.5. The van der Waals surface area contributed by atoms with Crippen LogP contribution < -0.4 is 5.56 Å². The van der Waals surface area contributed by atoms with Crippen molar-refractivity contribution in [2.24, 2.45) is 0 Å². The Morgan fingerprint density at radius 2 is 1.90 bits per heavy atom. The molecule has 0 N–H and O–H groups in total. The summed E-state index contributed by atoms with van der Waals surface area (Å²) in [5, 5.41) is 5.84. The summed E-state index contributed by atoms with van der Waals surface area (Å²) in [4.78, 5) is 12.5. The van der Waals surface area contributed by atoms with Crippen molar-refractivity contribution in [3.05, 3.63) is 75.1 Å². The zero-order valence-electron chi connectivity index (χ0n) is 11.0. The summed E-state index contributed by atoms with van der Waals surface area (Å²) in [7, 11) is 0. The molecule has 0 amide bonds. The van der Waals surface area contributed by atoms with E-state index in [0.717, 1.165) is 15.4 Å². The molecule has 20 heavy (non-hydrogen) atoms. The largest absolute Gasteiger partial charge is 0.275 e. The van der Waals surface area contributed by atoms with E-state index in [0.29, 0.717) is 5.39 Å². The second-order valence-electron chi connectivity index (χ2n) is 4.71.